The molecular formula is C13H9FN2O6S. The second kappa shape index (κ2) is 6.01. The molecule has 0 bridgehead atoms. The summed E-state index contributed by atoms with van der Waals surface area (Å²) in [4.78, 5) is 21.9. The molecule has 2 rings (SSSR count). The number of carboxylic acids is 1. The van der Waals surface area contributed by atoms with Gasteiger partial charge in [-0.1, -0.05) is 0 Å². The first-order valence-electron chi connectivity index (χ1n) is 5.96. The van der Waals surface area contributed by atoms with Crippen LogP contribution in [0.25, 0.3) is 0 Å². The zero-order chi connectivity index (χ0) is 17.2. The van der Waals surface area contributed by atoms with Gasteiger partial charge < -0.3 is 10.2 Å². The molecule has 1 aromatic carbocycles. The van der Waals surface area contributed by atoms with Crippen molar-refractivity contribution in [2.75, 3.05) is 0 Å². The molecule has 1 aromatic heterocycles. The summed E-state index contributed by atoms with van der Waals surface area (Å²) in [6.07, 6.45) is 2.18. The van der Waals surface area contributed by atoms with Gasteiger partial charge in [-0.25, -0.2) is 9.18 Å². The van der Waals surface area contributed by atoms with Gasteiger partial charge in [-0.15, -0.1) is 0 Å². The normalized spacial score (nSPS) is 12.1. The number of carbonyl (C=O) groups excluding carboxylic acids is 1. The fourth-order valence-corrected chi connectivity index (χ4v) is 2.67. The van der Waals surface area contributed by atoms with Gasteiger partial charge in [0.15, 0.2) is 5.78 Å². The summed E-state index contributed by atoms with van der Waals surface area (Å²) in [6.45, 7) is 0. The largest absolute Gasteiger partial charge is 0.502 e. The van der Waals surface area contributed by atoms with Crippen molar-refractivity contribution in [2.24, 2.45) is 0 Å². The first-order valence-corrected chi connectivity index (χ1v) is 7.40. The molecule has 0 fully saturated rings. The SMILES string of the molecule is O=C(O)C(O)=CC(=O)c1cnn(S(=O)(=O)c2ccc(F)cc2)c1. The number of allylic oxidation sites excluding steroid dienone is 1. The second-order valence-electron chi connectivity index (χ2n) is 4.26. The summed E-state index contributed by atoms with van der Waals surface area (Å²) in [7, 11) is -4.13. The van der Waals surface area contributed by atoms with Gasteiger partial charge in [0.25, 0.3) is 10.0 Å². The zero-order valence-corrected chi connectivity index (χ0v) is 12.1. The van der Waals surface area contributed by atoms with Crippen molar-refractivity contribution in [3.05, 3.63) is 59.9 Å². The van der Waals surface area contributed by atoms with E-state index in [4.69, 9.17) is 10.2 Å². The smallest absolute Gasteiger partial charge is 0.371 e. The molecule has 2 aromatic rings. The number of carboxylic acid groups (broad SMARTS) is 1. The van der Waals surface area contributed by atoms with Crippen LogP contribution in [0.3, 0.4) is 0 Å². The predicted octanol–water partition coefficient (Wildman–Crippen LogP) is 0.968. The van der Waals surface area contributed by atoms with E-state index in [-0.39, 0.29) is 10.5 Å². The van der Waals surface area contributed by atoms with Crippen LogP contribution < -0.4 is 0 Å². The quantitative estimate of drug-likeness (QED) is 0.471. The topological polar surface area (TPSA) is 127 Å². The maximum absolute atomic E-state index is 12.8. The van der Waals surface area contributed by atoms with Gasteiger partial charge in [0.05, 0.1) is 22.9 Å². The minimum Gasteiger partial charge on any atom is -0.502 e. The zero-order valence-electron chi connectivity index (χ0n) is 11.2. The molecule has 0 atom stereocenters. The fraction of sp³-hybridized carbons (Fsp3) is 0. The van der Waals surface area contributed by atoms with Gasteiger partial charge in [0.1, 0.15) is 5.82 Å². The monoisotopic (exact) mass is 340 g/mol. The molecule has 0 unspecified atom stereocenters. The molecule has 0 aliphatic rings. The van der Waals surface area contributed by atoms with Gasteiger partial charge in [-0.05, 0) is 24.3 Å². The van der Waals surface area contributed by atoms with E-state index < -0.39 is 33.4 Å². The van der Waals surface area contributed by atoms with E-state index in [0.717, 1.165) is 36.7 Å². The summed E-state index contributed by atoms with van der Waals surface area (Å²) in [5.74, 6) is -4.45. The minimum absolute atomic E-state index is 0.245. The maximum Gasteiger partial charge on any atom is 0.371 e. The lowest BCUT2D eigenvalue weighted by Crippen LogP contribution is -2.13. The molecule has 10 heteroatoms. The maximum atomic E-state index is 12.8. The average Bonchev–Trinajstić information content (AvgIpc) is 2.98. The number of ketones is 1. The number of rotatable bonds is 5. The lowest BCUT2D eigenvalue weighted by atomic mass is 10.2. The predicted molar refractivity (Wildman–Crippen MR) is 73.9 cm³/mol. The van der Waals surface area contributed by atoms with E-state index in [0.29, 0.717) is 10.2 Å². The Kier molecular flexibility index (Phi) is 4.27. The van der Waals surface area contributed by atoms with E-state index >= 15 is 0 Å². The summed E-state index contributed by atoms with van der Waals surface area (Å²) < 4.78 is 37.8. The summed E-state index contributed by atoms with van der Waals surface area (Å²) in [5, 5.41) is 21.0. The number of hydrogen-bond donors (Lipinski definition) is 2. The molecule has 8 nitrogen and oxygen atoms in total. The first-order chi connectivity index (χ1) is 10.7. The van der Waals surface area contributed by atoms with Crippen molar-refractivity contribution >= 4 is 21.8 Å². The molecule has 0 saturated carbocycles. The molecule has 120 valence electrons. The van der Waals surface area contributed by atoms with E-state index in [1.54, 1.807) is 0 Å². The Bertz CT molecular complexity index is 899. The van der Waals surface area contributed by atoms with Gasteiger partial charge in [-0.3, -0.25) is 4.79 Å². The molecule has 23 heavy (non-hydrogen) atoms. The Morgan fingerprint density at radius 2 is 1.78 bits per heavy atom. The van der Waals surface area contributed by atoms with E-state index in [1.165, 1.54) is 0 Å². The highest BCUT2D eigenvalue weighted by Crippen LogP contribution is 2.14. The molecule has 1 heterocycles. The number of aromatic nitrogens is 2. The van der Waals surface area contributed by atoms with Gasteiger partial charge in [-0.2, -0.15) is 17.6 Å². The second-order valence-corrected chi connectivity index (χ2v) is 6.06. The van der Waals surface area contributed by atoms with Gasteiger partial charge >= 0.3 is 5.97 Å². The van der Waals surface area contributed by atoms with Gasteiger partial charge in [0, 0.05) is 6.08 Å². The third kappa shape index (κ3) is 3.43. The molecule has 0 spiro atoms. The first kappa shape index (κ1) is 16.4. The Morgan fingerprint density at radius 3 is 2.35 bits per heavy atom. The van der Waals surface area contributed by atoms with Crippen molar-refractivity contribution < 1.29 is 32.6 Å². The summed E-state index contributed by atoms with van der Waals surface area (Å²) in [5.41, 5.74) is -0.247. The van der Waals surface area contributed by atoms with Crippen LogP contribution in [0.4, 0.5) is 4.39 Å². The van der Waals surface area contributed by atoms with Crippen LogP contribution >= 0.6 is 0 Å². The van der Waals surface area contributed by atoms with E-state index in [1.807, 2.05) is 0 Å². The van der Waals surface area contributed by atoms with E-state index in [9.17, 15) is 22.4 Å². The van der Waals surface area contributed by atoms with Crippen LogP contribution in [0.1, 0.15) is 10.4 Å². The van der Waals surface area contributed by atoms with Crippen LogP contribution in [0.15, 0.2) is 53.4 Å². The number of benzene rings is 1. The Hall–Kier alpha value is -3.01. The highest BCUT2D eigenvalue weighted by Gasteiger charge is 2.20. The standard InChI is InChI=1S/C13H9FN2O6S/c14-9-1-3-10(4-2-9)23(21,22)16-7-8(6-15-16)11(17)5-12(18)13(19)20/h1-7,18H,(H,19,20). The summed E-state index contributed by atoms with van der Waals surface area (Å²) >= 11 is 0. The van der Waals surface area contributed by atoms with Crippen LogP contribution in [0, 0.1) is 5.82 Å². The fourth-order valence-electron chi connectivity index (χ4n) is 1.55. The van der Waals surface area contributed by atoms with Crippen LogP contribution in [-0.4, -0.2) is 39.6 Å². The lowest BCUT2D eigenvalue weighted by Gasteiger charge is -2.03. The minimum atomic E-state index is -4.13. The van der Waals surface area contributed by atoms with E-state index in [2.05, 4.69) is 5.10 Å². The van der Waals surface area contributed by atoms with Crippen molar-refractivity contribution in [3.63, 3.8) is 0 Å². The van der Waals surface area contributed by atoms with Crippen molar-refractivity contribution in [3.8, 4) is 0 Å². The third-order valence-electron chi connectivity index (χ3n) is 2.69. The number of halogens is 1. The molecule has 2 N–H and O–H groups in total. The Morgan fingerprint density at radius 1 is 1.17 bits per heavy atom. The molecule has 0 radical (unpaired) electrons. The van der Waals surface area contributed by atoms with Gasteiger partial charge in [0.2, 0.25) is 5.76 Å². The number of aliphatic hydroxyl groups excluding tert-OH is 1. The number of aliphatic carboxylic acids is 1. The molecule has 0 saturated heterocycles. The molecule has 0 aliphatic carbocycles. The van der Waals surface area contributed by atoms with Crippen molar-refractivity contribution in [1.82, 2.24) is 9.19 Å². The Labute approximate surface area is 129 Å². The van der Waals surface area contributed by atoms with Crippen LogP contribution in [0.5, 0.6) is 0 Å². The number of carbonyl (C=O) groups is 2. The van der Waals surface area contributed by atoms with Crippen LogP contribution in [-0.2, 0) is 14.8 Å². The highest BCUT2D eigenvalue weighted by atomic mass is 32.2. The number of aliphatic hydroxyl groups is 1. The van der Waals surface area contributed by atoms with Crippen LogP contribution in [0.2, 0.25) is 0 Å². The lowest BCUT2D eigenvalue weighted by molar-refractivity contribution is -0.135. The summed E-state index contributed by atoms with van der Waals surface area (Å²) in [6, 6.07) is 3.97. The highest BCUT2D eigenvalue weighted by molar-refractivity contribution is 7.89. The third-order valence-corrected chi connectivity index (χ3v) is 4.25. The molecular weight excluding hydrogens is 331 g/mol. The number of hydrogen-bond acceptors (Lipinski definition) is 6. The number of nitrogens with zero attached hydrogens (tertiary/aromatic N) is 2. The van der Waals surface area contributed by atoms with Crippen molar-refractivity contribution in [1.29, 1.82) is 0 Å². The van der Waals surface area contributed by atoms with Crippen molar-refractivity contribution in [2.45, 2.75) is 4.90 Å². The molecule has 0 aliphatic heterocycles. The molecule has 0 amide bonds. The average molecular weight is 340 g/mol. The Balaban J connectivity index is 2.35.